The minimum absolute atomic E-state index is 0.176. The Balaban J connectivity index is 2.24. The number of aromatic nitrogens is 1. The number of anilines is 3. The third-order valence-corrected chi connectivity index (χ3v) is 2.84. The number of nitrogens with one attached hydrogen (secondary N) is 2. The standard InChI is InChI=1S/C15H17F2N3/c1-3-9-18-12-5-4-6-13(19-12)20-15-11(16)8-7-10(2)14(15)17/h4-8H,3,9H2,1-2H3,(H2,18,19,20). The molecular weight excluding hydrogens is 260 g/mol. The number of pyridine rings is 1. The molecule has 3 nitrogen and oxygen atoms in total. The summed E-state index contributed by atoms with van der Waals surface area (Å²) in [5.41, 5.74) is 0.208. The van der Waals surface area contributed by atoms with Gasteiger partial charge in [-0.1, -0.05) is 19.1 Å². The first-order valence-corrected chi connectivity index (χ1v) is 6.54. The lowest BCUT2D eigenvalue weighted by molar-refractivity contribution is 0.584. The highest BCUT2D eigenvalue weighted by molar-refractivity contribution is 5.60. The van der Waals surface area contributed by atoms with Gasteiger partial charge in [0.05, 0.1) is 0 Å². The van der Waals surface area contributed by atoms with Crippen LogP contribution < -0.4 is 10.6 Å². The fourth-order valence-electron chi connectivity index (χ4n) is 1.76. The summed E-state index contributed by atoms with van der Waals surface area (Å²) in [6.45, 7) is 4.43. The second-order valence-electron chi connectivity index (χ2n) is 4.51. The topological polar surface area (TPSA) is 37.0 Å². The zero-order valence-electron chi connectivity index (χ0n) is 11.5. The fraction of sp³-hybridized carbons (Fsp3) is 0.267. The number of nitrogens with zero attached hydrogens (tertiary/aromatic N) is 1. The van der Waals surface area contributed by atoms with Crippen molar-refractivity contribution in [3.8, 4) is 0 Å². The van der Waals surface area contributed by atoms with Gasteiger partial charge >= 0.3 is 0 Å². The van der Waals surface area contributed by atoms with Gasteiger partial charge in [0.15, 0.2) is 5.82 Å². The molecule has 106 valence electrons. The number of benzene rings is 1. The Morgan fingerprint density at radius 2 is 1.85 bits per heavy atom. The van der Waals surface area contributed by atoms with Crippen molar-refractivity contribution in [2.75, 3.05) is 17.2 Å². The van der Waals surface area contributed by atoms with E-state index in [1.807, 2.05) is 13.0 Å². The van der Waals surface area contributed by atoms with Crippen LogP contribution in [0.2, 0.25) is 0 Å². The lowest BCUT2D eigenvalue weighted by atomic mass is 10.2. The Hall–Kier alpha value is -2.17. The highest BCUT2D eigenvalue weighted by Gasteiger charge is 2.12. The molecule has 0 spiro atoms. The zero-order chi connectivity index (χ0) is 14.5. The van der Waals surface area contributed by atoms with E-state index in [2.05, 4.69) is 15.6 Å². The van der Waals surface area contributed by atoms with E-state index in [0.29, 0.717) is 17.2 Å². The quantitative estimate of drug-likeness (QED) is 0.858. The predicted molar refractivity (Wildman–Crippen MR) is 77.4 cm³/mol. The second kappa shape index (κ2) is 6.32. The van der Waals surface area contributed by atoms with Crippen LogP contribution in [0.5, 0.6) is 0 Å². The van der Waals surface area contributed by atoms with Crippen LogP contribution in [0.25, 0.3) is 0 Å². The molecule has 0 atom stereocenters. The minimum atomic E-state index is -0.637. The summed E-state index contributed by atoms with van der Waals surface area (Å²) in [6, 6.07) is 7.89. The number of rotatable bonds is 5. The summed E-state index contributed by atoms with van der Waals surface area (Å²) < 4.78 is 27.6. The van der Waals surface area contributed by atoms with E-state index >= 15 is 0 Å². The van der Waals surface area contributed by atoms with Crippen molar-refractivity contribution in [2.24, 2.45) is 0 Å². The maximum absolute atomic E-state index is 13.9. The molecule has 1 heterocycles. The molecule has 0 amide bonds. The van der Waals surface area contributed by atoms with Gasteiger partial charge in [0.25, 0.3) is 0 Å². The molecule has 0 saturated heterocycles. The monoisotopic (exact) mass is 277 g/mol. The molecule has 0 aliphatic rings. The van der Waals surface area contributed by atoms with E-state index in [0.717, 1.165) is 13.0 Å². The van der Waals surface area contributed by atoms with Gasteiger partial charge in [0.1, 0.15) is 23.1 Å². The van der Waals surface area contributed by atoms with Gasteiger partial charge in [-0.2, -0.15) is 0 Å². The van der Waals surface area contributed by atoms with Crippen molar-refractivity contribution < 1.29 is 8.78 Å². The molecule has 2 aromatic rings. The van der Waals surface area contributed by atoms with Gasteiger partial charge in [-0.3, -0.25) is 0 Å². The van der Waals surface area contributed by atoms with E-state index in [-0.39, 0.29) is 5.69 Å². The minimum Gasteiger partial charge on any atom is -0.370 e. The zero-order valence-corrected chi connectivity index (χ0v) is 11.5. The van der Waals surface area contributed by atoms with Crippen molar-refractivity contribution in [2.45, 2.75) is 20.3 Å². The van der Waals surface area contributed by atoms with Crippen LogP contribution in [0.4, 0.5) is 26.1 Å². The van der Waals surface area contributed by atoms with Crippen LogP contribution in [0.3, 0.4) is 0 Å². The Morgan fingerprint density at radius 1 is 1.10 bits per heavy atom. The van der Waals surface area contributed by atoms with Gasteiger partial charge < -0.3 is 10.6 Å². The van der Waals surface area contributed by atoms with Crippen LogP contribution >= 0.6 is 0 Å². The highest BCUT2D eigenvalue weighted by atomic mass is 19.1. The Bertz CT molecular complexity index is 600. The Labute approximate surface area is 117 Å². The second-order valence-corrected chi connectivity index (χ2v) is 4.51. The van der Waals surface area contributed by atoms with Crippen molar-refractivity contribution in [3.05, 3.63) is 47.5 Å². The SMILES string of the molecule is CCCNc1cccc(Nc2c(F)ccc(C)c2F)n1. The lowest BCUT2D eigenvalue weighted by Gasteiger charge is -2.11. The maximum Gasteiger partial charge on any atom is 0.152 e. The number of aryl methyl sites for hydroxylation is 1. The maximum atomic E-state index is 13.9. The average molecular weight is 277 g/mol. The molecule has 0 radical (unpaired) electrons. The van der Waals surface area contributed by atoms with E-state index in [9.17, 15) is 8.78 Å². The summed E-state index contributed by atoms with van der Waals surface area (Å²) in [5, 5.41) is 5.82. The Morgan fingerprint density at radius 3 is 2.60 bits per heavy atom. The summed E-state index contributed by atoms with van der Waals surface area (Å²) in [4.78, 5) is 4.26. The van der Waals surface area contributed by atoms with Gasteiger partial charge in [-0.05, 0) is 37.1 Å². The summed E-state index contributed by atoms with van der Waals surface area (Å²) in [7, 11) is 0. The van der Waals surface area contributed by atoms with E-state index in [4.69, 9.17) is 0 Å². The van der Waals surface area contributed by atoms with Crippen molar-refractivity contribution in [3.63, 3.8) is 0 Å². The largest absolute Gasteiger partial charge is 0.370 e. The first kappa shape index (κ1) is 14.2. The van der Waals surface area contributed by atoms with E-state index in [1.165, 1.54) is 12.1 Å². The van der Waals surface area contributed by atoms with Crippen LogP contribution in [-0.4, -0.2) is 11.5 Å². The predicted octanol–water partition coefficient (Wildman–Crippen LogP) is 4.23. The van der Waals surface area contributed by atoms with Crippen molar-refractivity contribution in [1.29, 1.82) is 0 Å². The molecule has 0 fully saturated rings. The molecule has 2 N–H and O–H groups in total. The van der Waals surface area contributed by atoms with Crippen molar-refractivity contribution in [1.82, 2.24) is 4.98 Å². The number of hydrogen-bond donors (Lipinski definition) is 2. The van der Waals surface area contributed by atoms with Gasteiger partial charge in [0.2, 0.25) is 0 Å². The van der Waals surface area contributed by atoms with Crippen LogP contribution in [-0.2, 0) is 0 Å². The average Bonchev–Trinajstić information content (AvgIpc) is 2.46. The molecule has 2 rings (SSSR count). The van der Waals surface area contributed by atoms with Crippen LogP contribution in [0.15, 0.2) is 30.3 Å². The first-order chi connectivity index (χ1) is 9.61. The lowest BCUT2D eigenvalue weighted by Crippen LogP contribution is -2.05. The molecule has 5 heteroatoms. The van der Waals surface area contributed by atoms with Crippen LogP contribution in [0, 0.1) is 18.6 Å². The first-order valence-electron chi connectivity index (χ1n) is 6.54. The third kappa shape index (κ3) is 3.23. The molecule has 20 heavy (non-hydrogen) atoms. The summed E-state index contributed by atoms with van der Waals surface area (Å²) in [5.74, 6) is -0.166. The van der Waals surface area contributed by atoms with Crippen molar-refractivity contribution >= 4 is 17.3 Å². The highest BCUT2D eigenvalue weighted by Crippen LogP contribution is 2.25. The summed E-state index contributed by atoms with van der Waals surface area (Å²) >= 11 is 0. The summed E-state index contributed by atoms with van der Waals surface area (Å²) in [6.07, 6.45) is 0.973. The van der Waals surface area contributed by atoms with E-state index < -0.39 is 11.6 Å². The molecule has 0 aliphatic carbocycles. The van der Waals surface area contributed by atoms with Gasteiger partial charge in [-0.15, -0.1) is 0 Å². The normalized spacial score (nSPS) is 10.4. The number of hydrogen-bond acceptors (Lipinski definition) is 3. The molecule has 0 saturated carbocycles. The smallest absolute Gasteiger partial charge is 0.152 e. The fourth-order valence-corrected chi connectivity index (χ4v) is 1.76. The molecule has 1 aromatic carbocycles. The third-order valence-electron chi connectivity index (χ3n) is 2.84. The van der Waals surface area contributed by atoms with E-state index in [1.54, 1.807) is 19.1 Å². The van der Waals surface area contributed by atoms with Gasteiger partial charge in [-0.25, -0.2) is 13.8 Å². The Kier molecular flexibility index (Phi) is 4.50. The number of halogens is 2. The molecule has 0 unspecified atom stereocenters. The molecule has 0 aliphatic heterocycles. The molecular formula is C15H17F2N3. The van der Waals surface area contributed by atoms with Gasteiger partial charge in [0, 0.05) is 6.54 Å². The molecule has 0 bridgehead atoms. The van der Waals surface area contributed by atoms with Crippen LogP contribution in [0.1, 0.15) is 18.9 Å². The molecule has 1 aromatic heterocycles.